The standard InChI is InChI=1S/C43H69N13O13/c1-22(2)16-27(36(62)53-29(20-57)38(64)54-30(21-58)42(68)69)52-40(66)34(23(3)4)55-33(60)19-49-39(65)31-13-9-15-56(31)41(67)26(12-8-14-48-43(46)47)50-37(63)28(17-24-10-6-5-7-11-24)51-35(61)25(44)18-32(45)59/h5-7,10-11,22-23,25-31,34,57-58H,8-9,12-21,44H2,1-4H3,(H2,45,59)(H,49,65)(H,50,63)(H,51,61)(H,52,66)(H,53,62)(H,54,64)(H,55,60)(H,68,69)(H4,46,47,48)/t25-,26-,27-,28-,29-,30-,31-,34-/m0/s1. The molecule has 1 saturated heterocycles. The highest BCUT2D eigenvalue weighted by Crippen LogP contribution is 2.20. The molecule has 69 heavy (non-hydrogen) atoms. The predicted molar refractivity (Wildman–Crippen MR) is 247 cm³/mol. The highest BCUT2D eigenvalue weighted by atomic mass is 16.4. The average molecular weight is 976 g/mol. The van der Waals surface area contributed by atoms with E-state index in [0.717, 1.165) is 0 Å². The Morgan fingerprint density at radius 2 is 1.30 bits per heavy atom. The zero-order valence-electron chi connectivity index (χ0n) is 39.3. The van der Waals surface area contributed by atoms with Crippen molar-refractivity contribution in [3.05, 3.63) is 35.9 Å². The predicted octanol–water partition coefficient (Wildman–Crippen LogP) is -5.73. The van der Waals surface area contributed by atoms with E-state index in [1.165, 1.54) is 4.90 Å². The fraction of sp³-hybridized carbons (Fsp3) is 0.605. The molecule has 9 amide bonds. The van der Waals surface area contributed by atoms with Crippen LogP contribution in [0.4, 0.5) is 0 Å². The lowest BCUT2D eigenvalue weighted by atomic mass is 9.99. The van der Waals surface area contributed by atoms with Gasteiger partial charge < -0.3 is 80.4 Å². The first-order chi connectivity index (χ1) is 32.5. The number of aliphatic carboxylic acids is 1. The summed E-state index contributed by atoms with van der Waals surface area (Å²) in [7, 11) is 0. The second-order valence-electron chi connectivity index (χ2n) is 17.3. The molecule has 8 atom stereocenters. The number of likely N-dealkylation sites (tertiary alicyclic amines) is 1. The van der Waals surface area contributed by atoms with E-state index < -0.39 is 140 Å². The maximum absolute atomic E-state index is 14.3. The van der Waals surface area contributed by atoms with Crippen LogP contribution < -0.4 is 60.2 Å². The molecule has 0 spiro atoms. The highest BCUT2D eigenvalue weighted by molar-refractivity contribution is 5.98. The number of carboxylic acid groups (broad SMARTS) is 1. The van der Waals surface area contributed by atoms with Crippen LogP contribution in [0.1, 0.15) is 71.8 Å². The number of primary amides is 1. The molecule has 26 nitrogen and oxygen atoms in total. The van der Waals surface area contributed by atoms with Gasteiger partial charge in [0.1, 0.15) is 42.3 Å². The second kappa shape index (κ2) is 29.1. The molecule has 26 heteroatoms. The summed E-state index contributed by atoms with van der Waals surface area (Å²) in [6.07, 6.45) is 0.282. The Bertz CT molecular complexity index is 1980. The van der Waals surface area contributed by atoms with Crippen LogP contribution in [0, 0.1) is 11.8 Å². The van der Waals surface area contributed by atoms with Crippen molar-refractivity contribution in [2.24, 2.45) is 39.8 Å². The number of aliphatic hydroxyl groups excluding tert-OH is 2. The molecular formula is C43H69N13O13. The van der Waals surface area contributed by atoms with Gasteiger partial charge in [0.15, 0.2) is 5.96 Å². The second-order valence-corrected chi connectivity index (χ2v) is 17.3. The summed E-state index contributed by atoms with van der Waals surface area (Å²) < 4.78 is 0. The van der Waals surface area contributed by atoms with E-state index in [2.05, 4.69) is 36.9 Å². The zero-order valence-corrected chi connectivity index (χ0v) is 39.3. The maximum Gasteiger partial charge on any atom is 0.328 e. The fourth-order valence-corrected chi connectivity index (χ4v) is 7.12. The minimum atomic E-state index is -1.71. The molecule has 0 aliphatic carbocycles. The van der Waals surface area contributed by atoms with Crippen LogP contribution in [0.5, 0.6) is 0 Å². The number of amides is 9. The lowest BCUT2D eigenvalue weighted by molar-refractivity contribution is -0.143. The number of nitrogens with zero attached hydrogens (tertiary/aromatic N) is 2. The van der Waals surface area contributed by atoms with Crippen molar-refractivity contribution < 1.29 is 63.3 Å². The summed E-state index contributed by atoms with van der Waals surface area (Å²) >= 11 is 0. The van der Waals surface area contributed by atoms with Gasteiger partial charge in [-0.05, 0) is 49.5 Å². The normalized spacial score (nSPS) is 16.3. The smallest absolute Gasteiger partial charge is 0.328 e. The summed E-state index contributed by atoms with van der Waals surface area (Å²) in [5.41, 5.74) is 22.7. The number of guanidine groups is 1. The van der Waals surface area contributed by atoms with Crippen LogP contribution in [0.3, 0.4) is 0 Å². The van der Waals surface area contributed by atoms with Crippen molar-refractivity contribution >= 4 is 65.1 Å². The van der Waals surface area contributed by atoms with Crippen LogP contribution in [0.25, 0.3) is 0 Å². The van der Waals surface area contributed by atoms with Crippen molar-refractivity contribution in [2.45, 2.75) is 121 Å². The summed E-state index contributed by atoms with van der Waals surface area (Å²) in [4.78, 5) is 136. The molecule has 0 aromatic heterocycles. The Morgan fingerprint density at radius 3 is 1.87 bits per heavy atom. The lowest BCUT2D eigenvalue weighted by Crippen LogP contribution is -2.60. The van der Waals surface area contributed by atoms with Gasteiger partial charge in [-0.3, -0.25) is 48.1 Å². The molecule has 1 aliphatic heterocycles. The van der Waals surface area contributed by atoms with Crippen LogP contribution in [0.15, 0.2) is 35.3 Å². The number of aliphatic hydroxyl groups is 2. The van der Waals surface area contributed by atoms with E-state index in [4.69, 9.17) is 28.0 Å². The minimum Gasteiger partial charge on any atom is -0.480 e. The Morgan fingerprint density at radius 1 is 0.739 bits per heavy atom. The first-order valence-electron chi connectivity index (χ1n) is 22.5. The third-order valence-corrected chi connectivity index (χ3v) is 10.7. The molecule has 0 saturated carbocycles. The number of carbonyl (C=O) groups excluding carboxylic acids is 9. The van der Waals surface area contributed by atoms with E-state index in [-0.39, 0.29) is 57.1 Å². The largest absolute Gasteiger partial charge is 0.480 e. The van der Waals surface area contributed by atoms with Crippen molar-refractivity contribution in [2.75, 3.05) is 32.8 Å². The van der Waals surface area contributed by atoms with Gasteiger partial charge in [0.2, 0.25) is 53.2 Å². The van der Waals surface area contributed by atoms with Gasteiger partial charge in [-0.15, -0.1) is 0 Å². The molecule has 1 aromatic carbocycles. The van der Waals surface area contributed by atoms with Crippen molar-refractivity contribution in [3.63, 3.8) is 0 Å². The molecule has 0 unspecified atom stereocenters. The van der Waals surface area contributed by atoms with Crippen molar-refractivity contribution in [1.29, 1.82) is 0 Å². The molecule has 0 radical (unpaired) electrons. The van der Waals surface area contributed by atoms with Gasteiger partial charge in [0.05, 0.1) is 32.2 Å². The molecule has 1 aromatic rings. The number of hydrogen-bond acceptors (Lipinski definition) is 14. The van der Waals surface area contributed by atoms with Crippen LogP contribution in [-0.2, 0) is 54.4 Å². The van der Waals surface area contributed by atoms with E-state index >= 15 is 0 Å². The van der Waals surface area contributed by atoms with Gasteiger partial charge in [-0.2, -0.15) is 0 Å². The number of nitrogens with one attached hydrogen (secondary N) is 7. The van der Waals surface area contributed by atoms with Crippen LogP contribution in [0.2, 0.25) is 0 Å². The summed E-state index contributed by atoms with van der Waals surface area (Å²) in [5.74, 6) is -9.96. The summed E-state index contributed by atoms with van der Waals surface area (Å²) in [5, 5.41) is 45.3. The fourth-order valence-electron chi connectivity index (χ4n) is 7.12. The van der Waals surface area contributed by atoms with Gasteiger partial charge in [-0.25, -0.2) is 4.79 Å². The number of carboxylic acids is 1. The van der Waals surface area contributed by atoms with Gasteiger partial charge >= 0.3 is 5.97 Å². The molecule has 0 bridgehead atoms. The molecule has 384 valence electrons. The number of hydrogen-bond donors (Lipinski definition) is 14. The molecule has 1 aliphatic rings. The van der Waals surface area contributed by atoms with Crippen molar-refractivity contribution in [1.82, 2.24) is 42.1 Å². The monoisotopic (exact) mass is 976 g/mol. The average Bonchev–Trinajstić information content (AvgIpc) is 3.78. The molecule has 1 fully saturated rings. The van der Waals surface area contributed by atoms with Gasteiger partial charge in [0, 0.05) is 19.5 Å². The van der Waals surface area contributed by atoms with E-state index in [9.17, 15) is 58.2 Å². The third-order valence-electron chi connectivity index (χ3n) is 10.7. The highest BCUT2D eigenvalue weighted by Gasteiger charge is 2.39. The number of benzene rings is 1. The number of aliphatic imine (C=N–C) groups is 1. The third kappa shape index (κ3) is 20.1. The number of nitrogens with two attached hydrogens (primary N) is 4. The Labute approximate surface area is 399 Å². The first-order valence-corrected chi connectivity index (χ1v) is 22.5. The topological polar surface area (TPSA) is 435 Å². The Balaban J connectivity index is 2.22. The Hall–Kier alpha value is -6.93. The molecule has 2 rings (SSSR count). The zero-order chi connectivity index (χ0) is 52.0. The molecule has 1 heterocycles. The SMILES string of the molecule is CC(C)C[C@H](NC(=O)[C@@H](NC(=O)CNC(=O)[C@@H]1CCCN1C(=O)[C@H](CCCN=C(N)N)NC(=O)[C@H](Cc1ccccc1)NC(=O)[C@@H](N)CC(N)=O)C(C)C)C(=O)N[C@@H](CO)C(=O)N[C@@H](CO)C(=O)O. The van der Waals surface area contributed by atoms with Crippen LogP contribution in [-0.4, -0.2) is 166 Å². The van der Waals surface area contributed by atoms with Crippen LogP contribution >= 0.6 is 0 Å². The van der Waals surface area contributed by atoms with E-state index in [0.29, 0.717) is 12.0 Å². The summed E-state index contributed by atoms with van der Waals surface area (Å²) in [6.45, 7) is 4.34. The minimum absolute atomic E-state index is 0.00464. The Kier molecular flexibility index (Phi) is 24.5. The number of carbonyl (C=O) groups is 10. The van der Waals surface area contributed by atoms with Gasteiger partial charge in [-0.1, -0.05) is 58.0 Å². The quantitative estimate of drug-likeness (QED) is 0.0202. The first kappa shape index (κ1) is 58.2. The molecular weight excluding hydrogens is 907 g/mol. The molecule has 18 N–H and O–H groups in total. The van der Waals surface area contributed by atoms with E-state index in [1.54, 1.807) is 58.0 Å². The maximum atomic E-state index is 14.3. The van der Waals surface area contributed by atoms with Gasteiger partial charge in [0.25, 0.3) is 0 Å². The lowest BCUT2D eigenvalue weighted by Gasteiger charge is -2.30. The van der Waals surface area contributed by atoms with Crippen molar-refractivity contribution in [3.8, 4) is 0 Å². The number of rotatable bonds is 29. The van der Waals surface area contributed by atoms with E-state index in [1.807, 2.05) is 5.32 Å². The summed E-state index contributed by atoms with van der Waals surface area (Å²) in [6, 6.07) is -2.25.